The van der Waals surface area contributed by atoms with Gasteiger partial charge in [-0.05, 0) is 18.2 Å². The molecule has 1 aromatic carbocycles. The Morgan fingerprint density at radius 1 is 1.33 bits per heavy atom. The minimum absolute atomic E-state index is 0.127. The van der Waals surface area contributed by atoms with Crippen molar-refractivity contribution in [3.05, 3.63) is 29.6 Å². The number of benzene rings is 1. The summed E-state index contributed by atoms with van der Waals surface area (Å²) in [5.41, 5.74) is -0.160. The van der Waals surface area contributed by atoms with E-state index in [9.17, 15) is 14.0 Å². The molecular formula is C9H7FO4S. The van der Waals surface area contributed by atoms with Gasteiger partial charge >= 0.3 is 11.9 Å². The Kier molecular flexibility index (Phi) is 3.68. The maximum Gasteiger partial charge on any atom is 0.335 e. The first kappa shape index (κ1) is 11.5. The van der Waals surface area contributed by atoms with Crippen LogP contribution < -0.4 is 0 Å². The van der Waals surface area contributed by atoms with Crippen LogP contribution in [-0.4, -0.2) is 27.9 Å². The fraction of sp³-hybridized carbons (Fsp3) is 0.111. The minimum atomic E-state index is -1.22. The Morgan fingerprint density at radius 3 is 2.47 bits per heavy atom. The molecule has 15 heavy (non-hydrogen) atoms. The molecule has 0 atom stereocenters. The Bertz CT molecular complexity index is 405. The van der Waals surface area contributed by atoms with E-state index in [0.717, 1.165) is 17.8 Å². The summed E-state index contributed by atoms with van der Waals surface area (Å²) >= 11 is 0.808. The quantitative estimate of drug-likeness (QED) is 0.770. The van der Waals surface area contributed by atoms with Gasteiger partial charge in [-0.1, -0.05) is 0 Å². The molecule has 0 saturated carbocycles. The molecule has 0 heterocycles. The van der Waals surface area contributed by atoms with Gasteiger partial charge in [0.25, 0.3) is 0 Å². The van der Waals surface area contributed by atoms with E-state index in [1.165, 1.54) is 12.1 Å². The maximum atomic E-state index is 13.2. The van der Waals surface area contributed by atoms with Crippen molar-refractivity contribution in [1.82, 2.24) is 0 Å². The first-order chi connectivity index (χ1) is 7.00. The number of rotatable bonds is 4. The van der Waals surface area contributed by atoms with Crippen LogP contribution in [0.1, 0.15) is 10.4 Å². The summed E-state index contributed by atoms with van der Waals surface area (Å²) < 4.78 is 13.2. The number of aliphatic carboxylic acids is 1. The summed E-state index contributed by atoms with van der Waals surface area (Å²) in [6.45, 7) is 0. The highest BCUT2D eigenvalue weighted by Gasteiger charge is 2.09. The minimum Gasteiger partial charge on any atom is -0.481 e. The third-order valence-corrected chi connectivity index (χ3v) is 2.56. The van der Waals surface area contributed by atoms with Gasteiger partial charge in [0.1, 0.15) is 5.82 Å². The van der Waals surface area contributed by atoms with E-state index < -0.39 is 17.8 Å². The molecule has 4 nitrogen and oxygen atoms in total. The van der Waals surface area contributed by atoms with Crippen molar-refractivity contribution >= 4 is 23.7 Å². The third kappa shape index (κ3) is 3.25. The summed E-state index contributed by atoms with van der Waals surface area (Å²) in [6, 6.07) is 3.36. The largest absolute Gasteiger partial charge is 0.481 e. The molecule has 1 rings (SSSR count). The number of carboxylic acids is 2. The van der Waals surface area contributed by atoms with Crippen LogP contribution in [-0.2, 0) is 4.79 Å². The number of aromatic carboxylic acids is 1. The Labute approximate surface area is 88.7 Å². The molecule has 0 radical (unpaired) electrons. The van der Waals surface area contributed by atoms with E-state index in [-0.39, 0.29) is 16.2 Å². The molecule has 0 aromatic heterocycles. The van der Waals surface area contributed by atoms with Crippen LogP contribution in [0.5, 0.6) is 0 Å². The van der Waals surface area contributed by atoms with Crippen molar-refractivity contribution < 1.29 is 24.2 Å². The lowest BCUT2D eigenvalue weighted by atomic mass is 10.2. The first-order valence-corrected chi connectivity index (χ1v) is 4.86. The summed E-state index contributed by atoms with van der Waals surface area (Å²) in [6.07, 6.45) is 0. The lowest BCUT2D eigenvalue weighted by Crippen LogP contribution is -2.00. The average molecular weight is 230 g/mol. The van der Waals surface area contributed by atoms with Gasteiger partial charge < -0.3 is 10.2 Å². The second kappa shape index (κ2) is 4.79. The summed E-state index contributed by atoms with van der Waals surface area (Å²) in [4.78, 5) is 20.8. The van der Waals surface area contributed by atoms with Crippen LogP contribution in [0.15, 0.2) is 23.1 Å². The van der Waals surface area contributed by atoms with Crippen LogP contribution in [0.4, 0.5) is 4.39 Å². The molecule has 0 saturated heterocycles. The molecular weight excluding hydrogens is 223 g/mol. The molecule has 0 amide bonds. The number of thioether (sulfide) groups is 1. The fourth-order valence-electron chi connectivity index (χ4n) is 0.890. The van der Waals surface area contributed by atoms with E-state index in [2.05, 4.69) is 0 Å². The average Bonchev–Trinajstić information content (AvgIpc) is 2.15. The normalized spacial score (nSPS) is 9.93. The van der Waals surface area contributed by atoms with Gasteiger partial charge in [0.2, 0.25) is 0 Å². The number of carbonyl (C=O) groups is 2. The molecule has 0 bridgehead atoms. The van der Waals surface area contributed by atoms with Crippen LogP contribution in [0.3, 0.4) is 0 Å². The third-order valence-electron chi connectivity index (χ3n) is 1.53. The first-order valence-electron chi connectivity index (χ1n) is 3.88. The van der Waals surface area contributed by atoms with E-state index in [4.69, 9.17) is 10.2 Å². The smallest absolute Gasteiger partial charge is 0.335 e. The van der Waals surface area contributed by atoms with Gasteiger partial charge in [-0.3, -0.25) is 4.79 Å². The van der Waals surface area contributed by atoms with Gasteiger partial charge in [-0.25, -0.2) is 9.18 Å². The molecule has 0 fully saturated rings. The number of hydrogen-bond acceptors (Lipinski definition) is 3. The highest BCUT2D eigenvalue weighted by atomic mass is 32.2. The zero-order valence-corrected chi connectivity index (χ0v) is 8.25. The molecule has 2 N–H and O–H groups in total. The summed E-state index contributed by atoms with van der Waals surface area (Å²) in [5, 5.41) is 16.9. The predicted octanol–water partition coefficient (Wildman–Crippen LogP) is 1.70. The lowest BCUT2D eigenvalue weighted by molar-refractivity contribution is -0.133. The molecule has 0 spiro atoms. The maximum absolute atomic E-state index is 13.2. The molecule has 0 aliphatic carbocycles. The lowest BCUT2D eigenvalue weighted by Gasteiger charge is -2.01. The summed E-state index contributed by atoms with van der Waals surface area (Å²) in [7, 11) is 0. The van der Waals surface area contributed by atoms with Gasteiger partial charge in [0.15, 0.2) is 0 Å². The van der Waals surface area contributed by atoms with E-state index in [1.807, 2.05) is 0 Å². The van der Waals surface area contributed by atoms with Crippen molar-refractivity contribution in [2.24, 2.45) is 0 Å². The van der Waals surface area contributed by atoms with E-state index in [0.29, 0.717) is 0 Å². The molecule has 0 unspecified atom stereocenters. The van der Waals surface area contributed by atoms with E-state index in [1.54, 1.807) is 0 Å². The second-order valence-corrected chi connectivity index (χ2v) is 3.65. The highest BCUT2D eigenvalue weighted by Crippen LogP contribution is 2.22. The Hall–Kier alpha value is -1.56. The zero-order valence-electron chi connectivity index (χ0n) is 7.44. The van der Waals surface area contributed by atoms with Crippen molar-refractivity contribution in [3.8, 4) is 0 Å². The zero-order chi connectivity index (χ0) is 11.4. The van der Waals surface area contributed by atoms with Gasteiger partial charge in [0.05, 0.1) is 11.3 Å². The van der Waals surface area contributed by atoms with Gasteiger partial charge in [-0.15, -0.1) is 11.8 Å². The van der Waals surface area contributed by atoms with Crippen LogP contribution in [0.25, 0.3) is 0 Å². The topological polar surface area (TPSA) is 74.6 Å². The number of halogens is 1. The molecule has 0 aliphatic rings. The van der Waals surface area contributed by atoms with E-state index >= 15 is 0 Å². The second-order valence-electron chi connectivity index (χ2n) is 2.63. The molecule has 1 aromatic rings. The van der Waals surface area contributed by atoms with Crippen molar-refractivity contribution in [2.45, 2.75) is 4.90 Å². The van der Waals surface area contributed by atoms with Crippen molar-refractivity contribution in [1.29, 1.82) is 0 Å². The molecule has 80 valence electrons. The SMILES string of the molecule is O=C(O)CSc1ccc(C(=O)O)cc1F. The monoisotopic (exact) mass is 230 g/mol. The van der Waals surface area contributed by atoms with Crippen LogP contribution >= 0.6 is 11.8 Å². The van der Waals surface area contributed by atoms with Crippen LogP contribution in [0, 0.1) is 5.82 Å². The van der Waals surface area contributed by atoms with Gasteiger partial charge in [0, 0.05) is 4.90 Å². The van der Waals surface area contributed by atoms with Crippen molar-refractivity contribution in [3.63, 3.8) is 0 Å². The predicted molar refractivity (Wildman–Crippen MR) is 51.7 cm³/mol. The van der Waals surface area contributed by atoms with Crippen molar-refractivity contribution in [2.75, 3.05) is 5.75 Å². The molecule has 0 aliphatic heterocycles. The molecule has 6 heteroatoms. The Balaban J connectivity index is 2.83. The number of carboxylic acid groups (broad SMARTS) is 2. The highest BCUT2D eigenvalue weighted by molar-refractivity contribution is 8.00. The Morgan fingerprint density at radius 2 is 2.00 bits per heavy atom. The standard InChI is InChI=1S/C9H7FO4S/c10-6-3-5(9(13)14)1-2-7(6)15-4-8(11)12/h1-3H,4H2,(H,11,12)(H,13,14). The summed E-state index contributed by atoms with van der Waals surface area (Å²) in [5.74, 6) is -3.25. The fourth-order valence-corrected chi connectivity index (χ4v) is 1.53. The van der Waals surface area contributed by atoms with Gasteiger partial charge in [-0.2, -0.15) is 0 Å². The van der Waals surface area contributed by atoms with Crippen LogP contribution in [0.2, 0.25) is 0 Å². The number of hydrogen-bond donors (Lipinski definition) is 2.